The Hall–Kier alpha value is -2.60. The van der Waals surface area contributed by atoms with Crippen molar-refractivity contribution >= 4 is 17.3 Å². The molecule has 1 aromatic heterocycles. The zero-order valence-corrected chi connectivity index (χ0v) is 16.6. The molecule has 1 aromatic carbocycles. The smallest absolute Gasteiger partial charge is 0.243 e. The summed E-state index contributed by atoms with van der Waals surface area (Å²) in [6.45, 7) is 4.56. The van der Waals surface area contributed by atoms with Crippen molar-refractivity contribution in [2.24, 2.45) is 0 Å². The van der Waals surface area contributed by atoms with Gasteiger partial charge >= 0.3 is 0 Å². The monoisotopic (exact) mass is 390 g/mol. The normalized spacial score (nSPS) is 24.6. The van der Waals surface area contributed by atoms with E-state index in [2.05, 4.69) is 32.2 Å². The number of para-hydroxylation sites is 1. The van der Waals surface area contributed by atoms with E-state index in [4.69, 9.17) is 4.74 Å². The van der Waals surface area contributed by atoms with Gasteiger partial charge in [-0.2, -0.15) is 0 Å². The highest BCUT2D eigenvalue weighted by atomic mass is 16.5. The van der Waals surface area contributed by atoms with Crippen LogP contribution in [0, 0.1) is 0 Å². The minimum atomic E-state index is 0.115. The van der Waals surface area contributed by atoms with Gasteiger partial charge in [0.05, 0.1) is 24.5 Å². The van der Waals surface area contributed by atoms with Gasteiger partial charge in [-0.25, -0.2) is 0 Å². The Bertz CT molecular complexity index is 975. The van der Waals surface area contributed by atoms with Crippen LogP contribution < -0.4 is 15.0 Å². The topological polar surface area (TPSA) is 57.7 Å². The van der Waals surface area contributed by atoms with E-state index in [1.165, 1.54) is 22.4 Å². The Labute approximate surface area is 170 Å². The zero-order valence-electron chi connectivity index (χ0n) is 16.6. The quantitative estimate of drug-likeness (QED) is 0.870. The van der Waals surface area contributed by atoms with Crippen molar-refractivity contribution in [1.29, 1.82) is 0 Å². The average Bonchev–Trinajstić information content (AvgIpc) is 3.33. The molecule has 6 heteroatoms. The fourth-order valence-electron chi connectivity index (χ4n) is 5.72. The number of benzene rings is 1. The minimum absolute atomic E-state index is 0.115. The van der Waals surface area contributed by atoms with Gasteiger partial charge in [0.15, 0.2) is 0 Å². The van der Waals surface area contributed by atoms with E-state index in [0.29, 0.717) is 18.5 Å². The molecular weight excluding hydrogens is 364 g/mol. The molecule has 29 heavy (non-hydrogen) atoms. The standard InChI is InChI=1S/C23H26N4O2/c28-21-14-27-20-6-9-26(13-18(20)17-4-1-5-19(25-21)22(17)27)8-2-3-15-11-24-12-16-7-10-29-23(15)16/h1,4-5,11-12,18,20H,2-3,6-10,13-14H2,(H,25,28)/t18-,20-/m0/s1. The number of hydrogen-bond donors (Lipinski definition) is 1. The van der Waals surface area contributed by atoms with Crippen molar-refractivity contribution in [2.75, 3.05) is 43.0 Å². The molecular formula is C23H26N4O2. The Balaban J connectivity index is 1.14. The lowest BCUT2D eigenvalue weighted by Gasteiger charge is -2.39. The lowest BCUT2D eigenvalue weighted by atomic mass is 9.89. The molecule has 6 nitrogen and oxygen atoms in total. The molecule has 6 rings (SSSR count). The molecule has 0 saturated carbocycles. The summed E-state index contributed by atoms with van der Waals surface area (Å²) in [5, 5.41) is 3.05. The number of aryl methyl sites for hydroxylation is 1. The second-order valence-corrected chi connectivity index (χ2v) is 8.67. The second kappa shape index (κ2) is 6.73. The number of carbonyl (C=O) groups excluding carboxylic acids is 1. The highest BCUT2D eigenvalue weighted by molar-refractivity contribution is 6.03. The van der Waals surface area contributed by atoms with E-state index in [0.717, 1.165) is 63.4 Å². The Morgan fingerprint density at radius 3 is 3.21 bits per heavy atom. The average molecular weight is 390 g/mol. The summed E-state index contributed by atoms with van der Waals surface area (Å²) in [6, 6.07) is 6.84. The Morgan fingerprint density at radius 1 is 1.28 bits per heavy atom. The third-order valence-electron chi connectivity index (χ3n) is 6.99. The van der Waals surface area contributed by atoms with Gasteiger partial charge in [-0.1, -0.05) is 12.1 Å². The van der Waals surface area contributed by atoms with Crippen molar-refractivity contribution in [3.8, 4) is 5.75 Å². The first-order valence-corrected chi connectivity index (χ1v) is 10.8. The number of fused-ring (bicyclic) bond motifs is 4. The predicted octanol–water partition coefficient (Wildman–Crippen LogP) is 2.58. The van der Waals surface area contributed by atoms with Crippen molar-refractivity contribution < 1.29 is 9.53 Å². The van der Waals surface area contributed by atoms with Gasteiger partial charge in [-0.3, -0.25) is 9.78 Å². The number of anilines is 2. The molecule has 1 saturated heterocycles. The van der Waals surface area contributed by atoms with Crippen LogP contribution in [0.3, 0.4) is 0 Å². The maximum atomic E-state index is 12.1. The SMILES string of the molecule is O=C1CN2c3c(cccc3[C@@H]3CN(CCCc4cncc5c4OCC5)CC[C@@H]32)N1. The van der Waals surface area contributed by atoms with Crippen LogP contribution in [-0.2, 0) is 17.6 Å². The number of ether oxygens (including phenoxy) is 1. The van der Waals surface area contributed by atoms with Crippen molar-refractivity contribution in [1.82, 2.24) is 9.88 Å². The summed E-state index contributed by atoms with van der Waals surface area (Å²) in [5.41, 5.74) is 6.19. The molecule has 0 radical (unpaired) electrons. The van der Waals surface area contributed by atoms with Crippen LogP contribution >= 0.6 is 0 Å². The molecule has 2 aromatic rings. The second-order valence-electron chi connectivity index (χ2n) is 8.67. The van der Waals surface area contributed by atoms with E-state index >= 15 is 0 Å². The lowest BCUT2D eigenvalue weighted by molar-refractivity contribution is -0.115. The predicted molar refractivity (Wildman–Crippen MR) is 112 cm³/mol. The molecule has 1 N–H and O–H groups in total. The Kier molecular flexibility index (Phi) is 4.01. The molecule has 1 fully saturated rings. The summed E-state index contributed by atoms with van der Waals surface area (Å²) in [6.07, 6.45) is 8.17. The number of carbonyl (C=O) groups is 1. The number of piperidine rings is 1. The first-order chi connectivity index (χ1) is 14.3. The molecule has 150 valence electrons. The molecule has 0 aliphatic carbocycles. The zero-order chi connectivity index (χ0) is 19.4. The van der Waals surface area contributed by atoms with Gasteiger partial charge < -0.3 is 19.9 Å². The van der Waals surface area contributed by atoms with E-state index < -0.39 is 0 Å². The molecule has 0 spiro atoms. The number of nitrogens with one attached hydrogen (secondary N) is 1. The summed E-state index contributed by atoms with van der Waals surface area (Å²) in [5.74, 6) is 1.70. The third-order valence-corrected chi connectivity index (χ3v) is 6.99. The molecule has 0 unspecified atom stereocenters. The molecule has 5 heterocycles. The van der Waals surface area contributed by atoms with Gasteiger partial charge in [0, 0.05) is 55.0 Å². The number of hydrogen-bond acceptors (Lipinski definition) is 5. The maximum Gasteiger partial charge on any atom is 0.243 e. The fraction of sp³-hybridized carbons (Fsp3) is 0.478. The largest absolute Gasteiger partial charge is 0.493 e. The van der Waals surface area contributed by atoms with Crippen molar-refractivity contribution in [3.63, 3.8) is 0 Å². The van der Waals surface area contributed by atoms with E-state index in [9.17, 15) is 4.79 Å². The van der Waals surface area contributed by atoms with E-state index in [1.54, 1.807) is 0 Å². The van der Waals surface area contributed by atoms with Crippen LogP contribution in [0.15, 0.2) is 30.6 Å². The first kappa shape index (κ1) is 17.3. The van der Waals surface area contributed by atoms with Crippen molar-refractivity contribution in [2.45, 2.75) is 37.6 Å². The van der Waals surface area contributed by atoms with Crippen LogP contribution in [0.4, 0.5) is 11.4 Å². The molecule has 2 atom stereocenters. The first-order valence-electron chi connectivity index (χ1n) is 10.8. The summed E-state index contributed by atoms with van der Waals surface area (Å²) in [4.78, 5) is 21.5. The van der Waals surface area contributed by atoms with Gasteiger partial charge in [0.2, 0.25) is 5.91 Å². The fourth-order valence-corrected chi connectivity index (χ4v) is 5.72. The van der Waals surface area contributed by atoms with Gasteiger partial charge in [0.25, 0.3) is 0 Å². The number of nitrogens with zero attached hydrogens (tertiary/aromatic N) is 3. The summed E-state index contributed by atoms with van der Waals surface area (Å²) < 4.78 is 5.83. The summed E-state index contributed by atoms with van der Waals surface area (Å²) in [7, 11) is 0. The number of amides is 1. The number of likely N-dealkylation sites (tertiary alicyclic amines) is 1. The minimum Gasteiger partial charge on any atom is -0.493 e. The maximum absolute atomic E-state index is 12.1. The third kappa shape index (κ3) is 2.81. The van der Waals surface area contributed by atoms with E-state index in [1.807, 2.05) is 18.5 Å². The molecule has 0 bridgehead atoms. The number of aromatic nitrogens is 1. The highest BCUT2D eigenvalue weighted by Crippen LogP contribution is 2.49. The molecule has 1 amide bonds. The van der Waals surface area contributed by atoms with Crippen LogP contribution in [0.5, 0.6) is 5.75 Å². The van der Waals surface area contributed by atoms with Crippen LogP contribution in [0.1, 0.15) is 35.4 Å². The highest BCUT2D eigenvalue weighted by Gasteiger charge is 2.45. The van der Waals surface area contributed by atoms with Gasteiger partial charge in [0.1, 0.15) is 5.75 Å². The van der Waals surface area contributed by atoms with Gasteiger partial charge in [-0.15, -0.1) is 0 Å². The molecule has 4 aliphatic heterocycles. The van der Waals surface area contributed by atoms with Crippen LogP contribution in [0.25, 0.3) is 0 Å². The van der Waals surface area contributed by atoms with Gasteiger partial charge in [-0.05, 0) is 37.4 Å². The van der Waals surface area contributed by atoms with Crippen LogP contribution in [-0.4, -0.2) is 54.6 Å². The summed E-state index contributed by atoms with van der Waals surface area (Å²) >= 11 is 0. The van der Waals surface area contributed by atoms with Crippen molar-refractivity contribution in [3.05, 3.63) is 47.3 Å². The molecule has 4 aliphatic rings. The Morgan fingerprint density at radius 2 is 2.24 bits per heavy atom. The number of rotatable bonds is 4. The van der Waals surface area contributed by atoms with E-state index in [-0.39, 0.29) is 5.91 Å². The lowest BCUT2D eigenvalue weighted by Crippen LogP contribution is -2.49. The number of pyridine rings is 1. The van der Waals surface area contributed by atoms with Crippen LogP contribution in [0.2, 0.25) is 0 Å².